The number of ether oxygens (including phenoxy) is 2. The summed E-state index contributed by atoms with van der Waals surface area (Å²) in [6.45, 7) is 0. The number of methoxy groups -OCH3 is 2. The summed E-state index contributed by atoms with van der Waals surface area (Å²) in [5.41, 5.74) is 0.507. The lowest BCUT2D eigenvalue weighted by Gasteiger charge is -2.11. The first-order valence-electron chi connectivity index (χ1n) is 5.78. The molecule has 0 saturated heterocycles. The maximum atomic E-state index is 13.4. The zero-order chi connectivity index (χ0) is 14.7. The second-order valence-electron chi connectivity index (χ2n) is 4.02. The molecule has 20 heavy (non-hydrogen) atoms. The predicted molar refractivity (Wildman–Crippen MR) is 77.1 cm³/mol. The van der Waals surface area contributed by atoms with Gasteiger partial charge in [0.05, 0.1) is 25.3 Å². The van der Waals surface area contributed by atoms with E-state index in [9.17, 15) is 9.18 Å². The predicted octanol–water partition coefficient (Wildman–Crippen LogP) is 3.84. The van der Waals surface area contributed by atoms with Crippen LogP contribution in [0.4, 0.5) is 4.39 Å². The van der Waals surface area contributed by atoms with Crippen molar-refractivity contribution in [3.05, 3.63) is 57.8 Å². The Kier molecular flexibility index (Phi) is 4.39. The number of ketones is 1. The molecule has 0 aliphatic heterocycles. The van der Waals surface area contributed by atoms with Crippen LogP contribution in [-0.2, 0) is 0 Å². The summed E-state index contributed by atoms with van der Waals surface area (Å²) >= 11 is 3.31. The van der Waals surface area contributed by atoms with Gasteiger partial charge in [-0.2, -0.15) is 0 Å². The largest absolute Gasteiger partial charge is 0.496 e. The molecule has 0 N–H and O–H groups in total. The van der Waals surface area contributed by atoms with E-state index >= 15 is 0 Å². The first-order valence-corrected chi connectivity index (χ1v) is 6.58. The molecule has 0 saturated carbocycles. The van der Waals surface area contributed by atoms with Crippen LogP contribution in [-0.4, -0.2) is 20.0 Å². The Labute approximate surface area is 124 Å². The van der Waals surface area contributed by atoms with Crippen LogP contribution in [0.15, 0.2) is 40.9 Å². The molecule has 104 valence electrons. The van der Waals surface area contributed by atoms with E-state index in [4.69, 9.17) is 9.47 Å². The van der Waals surface area contributed by atoms with Gasteiger partial charge in [-0.15, -0.1) is 0 Å². The van der Waals surface area contributed by atoms with Crippen LogP contribution < -0.4 is 9.47 Å². The molecular formula is C15H12BrFO3. The molecule has 2 aromatic rings. The third kappa shape index (κ3) is 2.82. The maximum absolute atomic E-state index is 13.4. The first kappa shape index (κ1) is 14.5. The maximum Gasteiger partial charge on any atom is 0.200 e. The molecule has 2 rings (SSSR count). The van der Waals surface area contributed by atoms with Crippen molar-refractivity contribution in [3.63, 3.8) is 0 Å². The van der Waals surface area contributed by atoms with Crippen molar-refractivity contribution in [3.8, 4) is 11.5 Å². The van der Waals surface area contributed by atoms with E-state index in [0.717, 1.165) is 10.5 Å². The lowest BCUT2D eigenvalue weighted by atomic mass is 10.0. The third-order valence-electron chi connectivity index (χ3n) is 2.81. The Hall–Kier alpha value is -1.88. The molecule has 0 aliphatic carbocycles. The smallest absolute Gasteiger partial charge is 0.200 e. The molecule has 2 aromatic carbocycles. The number of hydrogen-bond acceptors (Lipinski definition) is 3. The zero-order valence-electron chi connectivity index (χ0n) is 10.9. The minimum atomic E-state index is -0.495. The second kappa shape index (κ2) is 6.05. The van der Waals surface area contributed by atoms with Crippen LogP contribution in [0, 0.1) is 5.82 Å². The second-order valence-corrected chi connectivity index (χ2v) is 4.93. The van der Waals surface area contributed by atoms with Crippen molar-refractivity contribution in [1.29, 1.82) is 0 Å². The van der Waals surface area contributed by atoms with Crippen LogP contribution in [0.5, 0.6) is 11.5 Å². The monoisotopic (exact) mass is 338 g/mol. The minimum Gasteiger partial charge on any atom is -0.496 e. The van der Waals surface area contributed by atoms with Crippen LogP contribution in [0.1, 0.15) is 15.9 Å². The molecule has 0 radical (unpaired) electrons. The van der Waals surface area contributed by atoms with Crippen molar-refractivity contribution in [2.24, 2.45) is 0 Å². The number of carbonyl (C=O) groups excluding carboxylic acids is 1. The third-order valence-corrected chi connectivity index (χ3v) is 3.31. The number of halogens is 2. The molecule has 5 heteroatoms. The lowest BCUT2D eigenvalue weighted by Crippen LogP contribution is -2.06. The SMILES string of the molecule is COc1cc(Br)ccc1C(=O)c1cc(F)ccc1OC. The molecular weight excluding hydrogens is 327 g/mol. The molecule has 0 aromatic heterocycles. The van der Waals surface area contributed by atoms with Gasteiger partial charge < -0.3 is 9.47 Å². The molecule has 3 nitrogen and oxygen atoms in total. The van der Waals surface area contributed by atoms with Gasteiger partial charge in [0, 0.05) is 4.47 Å². The molecule has 0 bridgehead atoms. The number of benzene rings is 2. The number of hydrogen-bond donors (Lipinski definition) is 0. The summed E-state index contributed by atoms with van der Waals surface area (Å²) in [4.78, 5) is 12.5. The van der Waals surface area contributed by atoms with Gasteiger partial charge in [0.25, 0.3) is 0 Å². The first-order chi connectivity index (χ1) is 9.56. The summed E-state index contributed by atoms with van der Waals surface area (Å²) < 4.78 is 24.4. The number of carbonyl (C=O) groups is 1. The van der Waals surface area contributed by atoms with Gasteiger partial charge in [0.1, 0.15) is 17.3 Å². The van der Waals surface area contributed by atoms with Gasteiger partial charge >= 0.3 is 0 Å². The summed E-state index contributed by atoms with van der Waals surface area (Å²) in [5.74, 6) is -0.118. The van der Waals surface area contributed by atoms with E-state index in [0.29, 0.717) is 17.1 Å². The van der Waals surface area contributed by atoms with Crippen molar-refractivity contribution in [2.75, 3.05) is 14.2 Å². The molecule has 0 heterocycles. The van der Waals surface area contributed by atoms with Crippen molar-refractivity contribution in [2.45, 2.75) is 0 Å². The van der Waals surface area contributed by atoms with Crippen molar-refractivity contribution in [1.82, 2.24) is 0 Å². The van der Waals surface area contributed by atoms with Gasteiger partial charge in [0.2, 0.25) is 5.78 Å². The fraction of sp³-hybridized carbons (Fsp3) is 0.133. The zero-order valence-corrected chi connectivity index (χ0v) is 12.5. The normalized spacial score (nSPS) is 10.2. The Morgan fingerprint density at radius 3 is 2.35 bits per heavy atom. The van der Waals surface area contributed by atoms with E-state index < -0.39 is 5.82 Å². The van der Waals surface area contributed by atoms with Crippen molar-refractivity contribution < 1.29 is 18.7 Å². The van der Waals surface area contributed by atoms with Gasteiger partial charge in [-0.1, -0.05) is 15.9 Å². The van der Waals surface area contributed by atoms with Crippen LogP contribution >= 0.6 is 15.9 Å². The van der Waals surface area contributed by atoms with Crippen LogP contribution in [0.2, 0.25) is 0 Å². The molecule has 0 fully saturated rings. The Balaban J connectivity index is 2.54. The van der Waals surface area contributed by atoms with E-state index in [1.165, 1.54) is 26.4 Å². The topological polar surface area (TPSA) is 35.5 Å². The molecule has 0 unspecified atom stereocenters. The van der Waals surface area contributed by atoms with Gasteiger partial charge in [0.15, 0.2) is 0 Å². The highest BCUT2D eigenvalue weighted by Gasteiger charge is 2.19. The lowest BCUT2D eigenvalue weighted by molar-refractivity contribution is 0.103. The molecule has 0 amide bonds. The highest BCUT2D eigenvalue weighted by atomic mass is 79.9. The average Bonchev–Trinajstić information content (AvgIpc) is 2.46. The summed E-state index contributed by atoms with van der Waals surface area (Å²) in [7, 11) is 2.91. The fourth-order valence-corrected chi connectivity index (χ4v) is 2.20. The Morgan fingerprint density at radius 2 is 1.70 bits per heavy atom. The fourth-order valence-electron chi connectivity index (χ4n) is 1.86. The van der Waals surface area contributed by atoms with Crippen LogP contribution in [0.3, 0.4) is 0 Å². The highest BCUT2D eigenvalue weighted by Crippen LogP contribution is 2.29. The molecule has 0 aliphatic rings. The van der Waals surface area contributed by atoms with Gasteiger partial charge in [-0.25, -0.2) is 4.39 Å². The van der Waals surface area contributed by atoms with Gasteiger partial charge in [-0.05, 0) is 36.4 Å². The van der Waals surface area contributed by atoms with E-state index in [-0.39, 0.29) is 11.3 Å². The summed E-state index contributed by atoms with van der Waals surface area (Å²) in [6, 6.07) is 8.85. The molecule has 0 spiro atoms. The average molecular weight is 339 g/mol. The van der Waals surface area contributed by atoms with E-state index in [2.05, 4.69) is 15.9 Å². The van der Waals surface area contributed by atoms with Crippen molar-refractivity contribution >= 4 is 21.7 Å². The van der Waals surface area contributed by atoms with E-state index in [1.807, 2.05) is 0 Å². The van der Waals surface area contributed by atoms with Crippen LogP contribution in [0.25, 0.3) is 0 Å². The summed E-state index contributed by atoms with van der Waals surface area (Å²) in [5, 5.41) is 0. The van der Waals surface area contributed by atoms with Gasteiger partial charge in [-0.3, -0.25) is 4.79 Å². The highest BCUT2D eigenvalue weighted by molar-refractivity contribution is 9.10. The standard InChI is InChI=1S/C15H12BrFO3/c1-19-13-6-4-10(17)8-12(13)15(18)11-5-3-9(16)7-14(11)20-2/h3-8H,1-2H3. The quantitative estimate of drug-likeness (QED) is 0.794. The Bertz CT molecular complexity index is 656. The Morgan fingerprint density at radius 1 is 1.00 bits per heavy atom. The minimum absolute atomic E-state index is 0.160. The van der Waals surface area contributed by atoms with E-state index in [1.54, 1.807) is 18.2 Å². The summed E-state index contributed by atoms with van der Waals surface area (Å²) in [6.07, 6.45) is 0. The number of rotatable bonds is 4. The molecule has 0 atom stereocenters.